The molecule has 1 aliphatic carbocycles. The molecule has 0 bridgehead atoms. The van der Waals surface area contributed by atoms with Gasteiger partial charge in [-0.15, -0.1) is 0 Å². The Morgan fingerprint density at radius 2 is 1.75 bits per heavy atom. The molecule has 1 saturated carbocycles. The maximum absolute atomic E-state index is 6.33. The van der Waals surface area contributed by atoms with E-state index < -0.39 is 7.12 Å². The van der Waals surface area contributed by atoms with Crippen LogP contribution >= 0.6 is 11.6 Å². The zero-order valence-electron chi connectivity index (χ0n) is 12.4. The summed E-state index contributed by atoms with van der Waals surface area (Å²) in [7, 11) is -0.492. The summed E-state index contributed by atoms with van der Waals surface area (Å²) < 4.78 is 12.1. The monoisotopic (exact) mass is 294 g/mol. The Hall–Kier alpha value is -0.615. The Bertz CT molecular complexity index is 542. The van der Waals surface area contributed by atoms with Crippen LogP contribution in [0.1, 0.15) is 46.1 Å². The van der Waals surface area contributed by atoms with Crippen molar-refractivity contribution in [2.24, 2.45) is 5.73 Å². The lowest BCUT2D eigenvalue weighted by Gasteiger charge is -2.32. The summed E-state index contributed by atoms with van der Waals surface area (Å²) in [6, 6.07) is 1.89. The maximum atomic E-state index is 6.33. The Morgan fingerprint density at radius 3 is 2.25 bits per heavy atom. The van der Waals surface area contributed by atoms with Crippen molar-refractivity contribution in [1.82, 2.24) is 4.98 Å². The van der Waals surface area contributed by atoms with Crippen LogP contribution in [0.15, 0.2) is 12.3 Å². The van der Waals surface area contributed by atoms with Gasteiger partial charge in [0, 0.05) is 11.7 Å². The third-order valence-corrected chi connectivity index (χ3v) is 4.89. The van der Waals surface area contributed by atoms with Crippen molar-refractivity contribution in [3.8, 4) is 0 Å². The molecule has 0 spiro atoms. The highest BCUT2D eigenvalue weighted by Gasteiger charge is 2.54. The van der Waals surface area contributed by atoms with Crippen LogP contribution in [-0.4, -0.2) is 23.3 Å². The molecule has 2 fully saturated rings. The van der Waals surface area contributed by atoms with Gasteiger partial charge in [-0.3, -0.25) is 4.98 Å². The van der Waals surface area contributed by atoms with Crippen molar-refractivity contribution >= 4 is 24.3 Å². The number of hydrogen-bond donors (Lipinski definition) is 1. The second-order valence-electron chi connectivity index (χ2n) is 6.83. The number of hydrogen-bond acceptors (Lipinski definition) is 4. The maximum Gasteiger partial charge on any atom is 0.514 e. The summed E-state index contributed by atoms with van der Waals surface area (Å²) in [5, 5.41) is 0.594. The van der Waals surface area contributed by atoms with Crippen LogP contribution in [0.2, 0.25) is 5.02 Å². The number of nitrogens with zero attached hydrogens (tertiary/aromatic N) is 1. The molecule has 6 heteroatoms. The van der Waals surface area contributed by atoms with E-state index in [0.29, 0.717) is 5.02 Å². The number of aromatic nitrogens is 1. The predicted molar refractivity (Wildman–Crippen MR) is 80.1 cm³/mol. The molecule has 2 aliphatic rings. The SMILES string of the molecule is CC1(C)OB(c2ncc(Cl)cc2C2(N)CC2)OC1(C)C. The minimum absolute atomic E-state index is 0.323. The number of pyridine rings is 1. The van der Waals surface area contributed by atoms with Gasteiger partial charge in [0.25, 0.3) is 0 Å². The number of rotatable bonds is 2. The van der Waals surface area contributed by atoms with Crippen molar-refractivity contribution in [2.75, 3.05) is 0 Å². The fourth-order valence-electron chi connectivity index (χ4n) is 2.40. The lowest BCUT2D eigenvalue weighted by molar-refractivity contribution is 0.00578. The molecule has 0 unspecified atom stereocenters. The predicted octanol–water partition coefficient (Wildman–Crippen LogP) is 1.98. The van der Waals surface area contributed by atoms with Gasteiger partial charge in [-0.1, -0.05) is 11.6 Å². The highest BCUT2D eigenvalue weighted by Crippen LogP contribution is 2.43. The van der Waals surface area contributed by atoms with E-state index in [2.05, 4.69) is 4.98 Å². The molecule has 4 nitrogen and oxygen atoms in total. The van der Waals surface area contributed by atoms with E-state index in [0.717, 1.165) is 24.0 Å². The molecule has 0 atom stereocenters. The first kappa shape index (κ1) is 14.3. The van der Waals surface area contributed by atoms with Gasteiger partial charge >= 0.3 is 7.12 Å². The summed E-state index contributed by atoms with van der Waals surface area (Å²) in [6.07, 6.45) is 3.51. The van der Waals surface area contributed by atoms with E-state index >= 15 is 0 Å². The standard InChI is InChI=1S/C14H20BClN2O2/c1-12(2)13(3,4)20-15(19-12)11-10(14(17)5-6-14)7-9(16)8-18-11/h7-8H,5-6,17H2,1-4H3. The summed E-state index contributed by atoms with van der Waals surface area (Å²) >= 11 is 6.07. The van der Waals surface area contributed by atoms with Gasteiger partial charge in [0.15, 0.2) is 0 Å². The Balaban J connectivity index is 2.00. The fourth-order valence-corrected chi connectivity index (χ4v) is 2.55. The van der Waals surface area contributed by atoms with E-state index in [1.807, 2.05) is 33.8 Å². The van der Waals surface area contributed by atoms with Gasteiger partial charge in [0.05, 0.1) is 21.8 Å². The van der Waals surface area contributed by atoms with Crippen LogP contribution in [0.5, 0.6) is 0 Å². The fraction of sp³-hybridized carbons (Fsp3) is 0.643. The van der Waals surface area contributed by atoms with Crippen molar-refractivity contribution in [3.63, 3.8) is 0 Å². The Labute approximate surface area is 125 Å². The third-order valence-electron chi connectivity index (χ3n) is 4.69. The van der Waals surface area contributed by atoms with Gasteiger partial charge < -0.3 is 15.0 Å². The van der Waals surface area contributed by atoms with Crippen molar-refractivity contribution < 1.29 is 9.31 Å². The van der Waals surface area contributed by atoms with Crippen LogP contribution in [0.3, 0.4) is 0 Å². The van der Waals surface area contributed by atoms with Gasteiger partial charge in [-0.05, 0) is 52.2 Å². The van der Waals surface area contributed by atoms with E-state index in [9.17, 15) is 0 Å². The minimum Gasteiger partial charge on any atom is -0.398 e. The second kappa shape index (κ2) is 4.20. The quantitative estimate of drug-likeness (QED) is 0.848. The molecule has 0 amide bonds. The van der Waals surface area contributed by atoms with E-state index in [4.69, 9.17) is 26.6 Å². The zero-order chi connectivity index (χ0) is 14.8. The van der Waals surface area contributed by atoms with Crippen LogP contribution in [-0.2, 0) is 14.8 Å². The molecule has 0 aromatic carbocycles. The Kier molecular flexibility index (Phi) is 3.01. The molecular formula is C14H20BClN2O2. The normalized spacial score (nSPS) is 25.8. The molecule has 1 aliphatic heterocycles. The first-order valence-corrected chi connectivity index (χ1v) is 7.33. The average Bonchev–Trinajstić information content (AvgIpc) is 3.02. The average molecular weight is 295 g/mol. The largest absolute Gasteiger partial charge is 0.514 e. The van der Waals surface area contributed by atoms with Crippen molar-refractivity contribution in [3.05, 3.63) is 22.8 Å². The minimum atomic E-state index is -0.492. The summed E-state index contributed by atoms with van der Waals surface area (Å²) in [6.45, 7) is 8.10. The first-order chi connectivity index (χ1) is 9.15. The Morgan fingerprint density at radius 1 is 1.20 bits per heavy atom. The molecular weight excluding hydrogens is 274 g/mol. The van der Waals surface area contributed by atoms with Crippen molar-refractivity contribution in [1.29, 1.82) is 0 Å². The molecule has 108 valence electrons. The highest BCUT2D eigenvalue weighted by atomic mass is 35.5. The summed E-state index contributed by atoms with van der Waals surface area (Å²) in [5.74, 6) is 0. The number of halogens is 1. The van der Waals surface area contributed by atoms with E-state index in [1.54, 1.807) is 6.20 Å². The number of nitrogens with two attached hydrogens (primary N) is 1. The molecule has 1 aromatic heterocycles. The van der Waals surface area contributed by atoms with Crippen LogP contribution < -0.4 is 11.3 Å². The van der Waals surface area contributed by atoms with Gasteiger partial charge in [-0.2, -0.15) is 0 Å². The summed E-state index contributed by atoms with van der Waals surface area (Å²) in [5.41, 5.74) is 6.94. The topological polar surface area (TPSA) is 57.4 Å². The van der Waals surface area contributed by atoms with E-state index in [-0.39, 0.29) is 16.7 Å². The summed E-state index contributed by atoms with van der Waals surface area (Å²) in [4.78, 5) is 4.44. The van der Waals surface area contributed by atoms with Gasteiger partial charge in [0.2, 0.25) is 0 Å². The smallest absolute Gasteiger partial charge is 0.398 e. The molecule has 20 heavy (non-hydrogen) atoms. The van der Waals surface area contributed by atoms with E-state index in [1.165, 1.54) is 0 Å². The first-order valence-electron chi connectivity index (χ1n) is 6.95. The molecule has 2 N–H and O–H groups in total. The molecule has 3 rings (SSSR count). The molecule has 1 aromatic rings. The lowest BCUT2D eigenvalue weighted by atomic mass is 9.78. The molecule has 0 radical (unpaired) electrons. The van der Waals surface area contributed by atoms with Crippen LogP contribution in [0.4, 0.5) is 0 Å². The molecule has 1 saturated heterocycles. The van der Waals surface area contributed by atoms with Crippen molar-refractivity contribution in [2.45, 2.75) is 57.3 Å². The lowest BCUT2D eigenvalue weighted by Crippen LogP contribution is -2.42. The zero-order valence-corrected chi connectivity index (χ0v) is 13.1. The van der Waals surface area contributed by atoms with Crippen LogP contribution in [0.25, 0.3) is 0 Å². The second-order valence-corrected chi connectivity index (χ2v) is 7.27. The van der Waals surface area contributed by atoms with Gasteiger partial charge in [0.1, 0.15) is 0 Å². The van der Waals surface area contributed by atoms with Gasteiger partial charge in [-0.25, -0.2) is 0 Å². The molecule has 2 heterocycles. The highest BCUT2D eigenvalue weighted by molar-refractivity contribution is 6.61. The van der Waals surface area contributed by atoms with Crippen LogP contribution in [0, 0.1) is 0 Å². The third kappa shape index (κ3) is 2.17.